The highest BCUT2D eigenvalue weighted by molar-refractivity contribution is 5.53. The maximum Gasteiger partial charge on any atom is 0.168 e. The van der Waals surface area contributed by atoms with Crippen molar-refractivity contribution in [3.63, 3.8) is 0 Å². The molecule has 0 fully saturated rings. The van der Waals surface area contributed by atoms with Crippen molar-refractivity contribution < 1.29 is 0 Å². The Kier molecular flexibility index (Phi) is 3.63. The number of anilines is 1. The molecule has 0 unspecified atom stereocenters. The molecule has 2 aromatic rings. The Labute approximate surface area is 107 Å². The Hall–Kier alpha value is -2.28. The molecule has 0 bridgehead atoms. The number of nitriles is 1. The van der Waals surface area contributed by atoms with Crippen LogP contribution in [0.15, 0.2) is 30.3 Å². The van der Waals surface area contributed by atoms with Gasteiger partial charge in [-0.25, -0.2) is 4.68 Å². The second kappa shape index (κ2) is 5.37. The summed E-state index contributed by atoms with van der Waals surface area (Å²) in [5.74, 6) is 0.575. The van der Waals surface area contributed by atoms with Crippen LogP contribution in [0.5, 0.6) is 0 Å². The highest BCUT2D eigenvalue weighted by atomic mass is 15.3. The minimum absolute atomic E-state index is 0.435. The predicted octanol–water partition coefficient (Wildman–Crippen LogP) is 2.67. The molecule has 4 heteroatoms. The van der Waals surface area contributed by atoms with Gasteiger partial charge in [0.1, 0.15) is 11.9 Å². The van der Waals surface area contributed by atoms with E-state index in [2.05, 4.69) is 18.1 Å². The fraction of sp³-hybridized carbons (Fsp3) is 0.286. The second-order valence-electron chi connectivity index (χ2n) is 4.18. The van der Waals surface area contributed by atoms with Gasteiger partial charge in [0.15, 0.2) is 5.69 Å². The maximum atomic E-state index is 9.12. The van der Waals surface area contributed by atoms with Gasteiger partial charge >= 0.3 is 0 Å². The van der Waals surface area contributed by atoms with Gasteiger partial charge in [-0.1, -0.05) is 31.5 Å². The Bertz CT molecular complexity index is 563. The van der Waals surface area contributed by atoms with Crippen LogP contribution in [0, 0.1) is 11.3 Å². The molecule has 0 atom stereocenters. The third-order valence-electron chi connectivity index (χ3n) is 2.91. The average Bonchev–Trinajstić information content (AvgIpc) is 2.74. The molecule has 0 radical (unpaired) electrons. The van der Waals surface area contributed by atoms with Gasteiger partial charge in [-0.2, -0.15) is 10.4 Å². The lowest BCUT2D eigenvalue weighted by molar-refractivity contribution is 0.795. The highest BCUT2D eigenvalue weighted by Gasteiger charge is 2.15. The lowest BCUT2D eigenvalue weighted by Gasteiger charge is -2.04. The van der Waals surface area contributed by atoms with E-state index in [9.17, 15) is 0 Å². The minimum Gasteiger partial charge on any atom is -0.383 e. The van der Waals surface area contributed by atoms with Crippen LogP contribution < -0.4 is 5.73 Å². The van der Waals surface area contributed by atoms with Crippen LogP contribution in [0.3, 0.4) is 0 Å². The van der Waals surface area contributed by atoms with E-state index < -0.39 is 0 Å². The van der Waals surface area contributed by atoms with Crippen molar-refractivity contribution in [2.75, 3.05) is 5.73 Å². The van der Waals surface area contributed by atoms with E-state index in [-0.39, 0.29) is 0 Å². The molecule has 92 valence electrons. The molecule has 0 aliphatic carbocycles. The number of unbranched alkanes of at least 4 members (excludes halogenated alkanes) is 1. The van der Waals surface area contributed by atoms with Crippen molar-refractivity contribution in [1.82, 2.24) is 9.78 Å². The molecule has 4 nitrogen and oxygen atoms in total. The second-order valence-corrected chi connectivity index (χ2v) is 4.18. The SMILES string of the molecule is CCCCc1c(C#N)nn(-c2ccccc2)c1N. The van der Waals surface area contributed by atoms with E-state index in [1.165, 1.54) is 0 Å². The van der Waals surface area contributed by atoms with E-state index >= 15 is 0 Å². The number of benzene rings is 1. The standard InChI is InChI=1S/C14H16N4/c1-2-3-9-12-13(10-15)17-18(14(12)16)11-7-5-4-6-8-11/h4-8H,2-3,9,16H2,1H3. The number of aromatic nitrogens is 2. The van der Waals surface area contributed by atoms with Crippen LogP contribution in [-0.2, 0) is 6.42 Å². The summed E-state index contributed by atoms with van der Waals surface area (Å²) >= 11 is 0. The fourth-order valence-corrected chi connectivity index (χ4v) is 1.92. The Morgan fingerprint density at radius 2 is 2.06 bits per heavy atom. The zero-order valence-corrected chi connectivity index (χ0v) is 10.4. The first-order chi connectivity index (χ1) is 8.77. The Morgan fingerprint density at radius 3 is 2.67 bits per heavy atom. The fourth-order valence-electron chi connectivity index (χ4n) is 1.92. The number of rotatable bonds is 4. The summed E-state index contributed by atoms with van der Waals surface area (Å²) in [6, 6.07) is 11.8. The van der Waals surface area contributed by atoms with E-state index in [0.29, 0.717) is 11.5 Å². The molecule has 1 heterocycles. The van der Waals surface area contributed by atoms with Crippen molar-refractivity contribution in [2.45, 2.75) is 26.2 Å². The van der Waals surface area contributed by atoms with Crippen molar-refractivity contribution >= 4 is 5.82 Å². The molecule has 18 heavy (non-hydrogen) atoms. The lowest BCUT2D eigenvalue weighted by atomic mass is 10.1. The molecule has 0 saturated carbocycles. The van der Waals surface area contributed by atoms with Crippen LogP contribution in [0.25, 0.3) is 5.69 Å². The van der Waals surface area contributed by atoms with Crippen LogP contribution in [0.2, 0.25) is 0 Å². The van der Waals surface area contributed by atoms with Gasteiger partial charge in [0.05, 0.1) is 5.69 Å². The first kappa shape index (κ1) is 12.2. The Balaban J connectivity index is 2.45. The first-order valence-electron chi connectivity index (χ1n) is 6.10. The third-order valence-corrected chi connectivity index (χ3v) is 2.91. The molecule has 0 spiro atoms. The molecular weight excluding hydrogens is 224 g/mol. The normalized spacial score (nSPS) is 10.2. The molecule has 2 rings (SSSR count). The summed E-state index contributed by atoms with van der Waals surface area (Å²) < 4.78 is 1.64. The van der Waals surface area contributed by atoms with Crippen molar-refractivity contribution in [2.24, 2.45) is 0 Å². The summed E-state index contributed by atoms with van der Waals surface area (Å²) in [5.41, 5.74) is 8.28. The highest BCUT2D eigenvalue weighted by Crippen LogP contribution is 2.22. The molecule has 1 aromatic heterocycles. The third kappa shape index (κ3) is 2.21. The van der Waals surface area contributed by atoms with Gasteiger partial charge in [0.2, 0.25) is 0 Å². The number of nitrogens with two attached hydrogens (primary N) is 1. The van der Waals surface area contributed by atoms with Gasteiger partial charge in [-0.15, -0.1) is 0 Å². The topological polar surface area (TPSA) is 67.6 Å². The van der Waals surface area contributed by atoms with Gasteiger partial charge in [0.25, 0.3) is 0 Å². The molecular formula is C14H16N4. The number of nitrogens with zero attached hydrogens (tertiary/aromatic N) is 3. The molecule has 1 aromatic carbocycles. The summed E-state index contributed by atoms with van der Waals surface area (Å²) in [6.45, 7) is 2.11. The molecule has 0 aliphatic rings. The van der Waals surface area contributed by atoms with E-state index in [1.807, 2.05) is 30.3 Å². The molecule has 0 aliphatic heterocycles. The quantitative estimate of drug-likeness (QED) is 0.893. The van der Waals surface area contributed by atoms with Crippen LogP contribution >= 0.6 is 0 Å². The Morgan fingerprint density at radius 1 is 1.33 bits per heavy atom. The summed E-state index contributed by atoms with van der Waals surface area (Å²) in [4.78, 5) is 0. The number of hydrogen-bond acceptors (Lipinski definition) is 3. The maximum absolute atomic E-state index is 9.12. The molecule has 0 amide bonds. The van der Waals surface area contributed by atoms with Crippen molar-refractivity contribution in [3.05, 3.63) is 41.6 Å². The lowest BCUT2D eigenvalue weighted by Crippen LogP contribution is -2.02. The first-order valence-corrected chi connectivity index (χ1v) is 6.10. The minimum atomic E-state index is 0.435. The zero-order chi connectivity index (χ0) is 13.0. The van der Waals surface area contributed by atoms with E-state index in [1.54, 1.807) is 4.68 Å². The van der Waals surface area contributed by atoms with Gasteiger partial charge in [-0.3, -0.25) is 0 Å². The summed E-state index contributed by atoms with van der Waals surface area (Å²) in [5, 5.41) is 13.4. The summed E-state index contributed by atoms with van der Waals surface area (Å²) in [7, 11) is 0. The van der Waals surface area contributed by atoms with Gasteiger partial charge in [0, 0.05) is 5.56 Å². The average molecular weight is 240 g/mol. The van der Waals surface area contributed by atoms with E-state index in [4.69, 9.17) is 11.0 Å². The van der Waals surface area contributed by atoms with Crippen LogP contribution in [0.1, 0.15) is 31.0 Å². The van der Waals surface area contributed by atoms with Gasteiger partial charge < -0.3 is 5.73 Å². The van der Waals surface area contributed by atoms with E-state index in [0.717, 1.165) is 30.5 Å². The summed E-state index contributed by atoms with van der Waals surface area (Å²) in [6.07, 6.45) is 2.89. The molecule has 0 saturated heterocycles. The predicted molar refractivity (Wildman–Crippen MR) is 71.3 cm³/mol. The number of nitrogen functional groups attached to an aromatic ring is 1. The van der Waals surface area contributed by atoms with Crippen LogP contribution in [0.4, 0.5) is 5.82 Å². The van der Waals surface area contributed by atoms with Gasteiger partial charge in [-0.05, 0) is 25.0 Å². The monoisotopic (exact) mass is 240 g/mol. The van der Waals surface area contributed by atoms with Crippen molar-refractivity contribution in [3.8, 4) is 11.8 Å². The largest absolute Gasteiger partial charge is 0.383 e. The zero-order valence-electron chi connectivity index (χ0n) is 10.4. The number of hydrogen-bond donors (Lipinski definition) is 1. The number of para-hydroxylation sites is 1. The van der Waals surface area contributed by atoms with Crippen LogP contribution in [-0.4, -0.2) is 9.78 Å². The smallest absolute Gasteiger partial charge is 0.168 e. The van der Waals surface area contributed by atoms with Crippen molar-refractivity contribution in [1.29, 1.82) is 5.26 Å². The molecule has 2 N–H and O–H groups in total.